The molecular formula is C14H29NO. The summed E-state index contributed by atoms with van der Waals surface area (Å²) in [6.07, 6.45) is 8.86. The van der Waals surface area contributed by atoms with Gasteiger partial charge >= 0.3 is 0 Å². The second-order valence-corrected chi connectivity index (χ2v) is 5.30. The highest BCUT2D eigenvalue weighted by Gasteiger charge is 2.36. The van der Waals surface area contributed by atoms with Crippen molar-refractivity contribution in [1.29, 1.82) is 0 Å². The molecule has 0 heterocycles. The summed E-state index contributed by atoms with van der Waals surface area (Å²) in [5, 5.41) is 0. The Morgan fingerprint density at radius 1 is 1.19 bits per heavy atom. The van der Waals surface area contributed by atoms with Gasteiger partial charge in [-0.15, -0.1) is 0 Å². The summed E-state index contributed by atoms with van der Waals surface area (Å²) in [4.78, 5) is 0. The maximum Gasteiger partial charge on any atom is 0.0808 e. The van der Waals surface area contributed by atoms with Crippen molar-refractivity contribution in [2.24, 2.45) is 11.7 Å². The van der Waals surface area contributed by atoms with E-state index in [0.29, 0.717) is 12.6 Å². The van der Waals surface area contributed by atoms with Crippen LogP contribution in [-0.2, 0) is 4.74 Å². The number of hydrogen-bond acceptors (Lipinski definition) is 2. The smallest absolute Gasteiger partial charge is 0.0808 e. The highest BCUT2D eigenvalue weighted by Crippen LogP contribution is 2.37. The Balaban J connectivity index is 2.51. The lowest BCUT2D eigenvalue weighted by atomic mass is 9.77. The predicted molar refractivity (Wildman–Crippen MR) is 69.5 cm³/mol. The summed E-state index contributed by atoms with van der Waals surface area (Å²) in [6, 6.07) is 0. The SMILES string of the molecule is CCC1CCC(CN)(OC(CC)CC)CC1. The molecule has 0 radical (unpaired) electrons. The molecule has 0 aromatic carbocycles. The first-order valence-corrected chi connectivity index (χ1v) is 7.07. The van der Waals surface area contributed by atoms with Crippen LogP contribution in [0.25, 0.3) is 0 Å². The van der Waals surface area contributed by atoms with Gasteiger partial charge in [0.25, 0.3) is 0 Å². The third-order valence-electron chi connectivity index (χ3n) is 4.29. The van der Waals surface area contributed by atoms with Gasteiger partial charge in [0, 0.05) is 6.54 Å². The molecule has 0 saturated heterocycles. The lowest BCUT2D eigenvalue weighted by Crippen LogP contribution is -2.46. The van der Waals surface area contributed by atoms with E-state index in [1.54, 1.807) is 0 Å². The molecule has 0 bridgehead atoms. The predicted octanol–water partition coefficient (Wildman–Crippen LogP) is 3.49. The first-order chi connectivity index (χ1) is 7.69. The van der Waals surface area contributed by atoms with Crippen molar-refractivity contribution < 1.29 is 4.74 Å². The molecule has 0 atom stereocenters. The van der Waals surface area contributed by atoms with Crippen molar-refractivity contribution in [2.45, 2.75) is 77.4 Å². The summed E-state index contributed by atoms with van der Waals surface area (Å²) < 4.78 is 6.29. The fourth-order valence-corrected chi connectivity index (χ4v) is 2.79. The number of ether oxygens (including phenoxy) is 1. The fraction of sp³-hybridized carbons (Fsp3) is 1.00. The maximum atomic E-state index is 6.29. The van der Waals surface area contributed by atoms with Gasteiger partial charge in [0.1, 0.15) is 0 Å². The minimum absolute atomic E-state index is 0.00234. The summed E-state index contributed by atoms with van der Waals surface area (Å²) in [5.41, 5.74) is 5.96. The topological polar surface area (TPSA) is 35.2 Å². The lowest BCUT2D eigenvalue weighted by Gasteiger charge is -2.41. The van der Waals surface area contributed by atoms with Gasteiger partial charge in [0.2, 0.25) is 0 Å². The molecule has 0 amide bonds. The van der Waals surface area contributed by atoms with Crippen LogP contribution in [0.15, 0.2) is 0 Å². The van der Waals surface area contributed by atoms with Crippen LogP contribution in [0, 0.1) is 5.92 Å². The molecule has 2 heteroatoms. The van der Waals surface area contributed by atoms with Crippen LogP contribution in [0.4, 0.5) is 0 Å². The summed E-state index contributed by atoms with van der Waals surface area (Å²) in [6.45, 7) is 7.40. The molecule has 16 heavy (non-hydrogen) atoms. The molecule has 0 spiro atoms. The average Bonchev–Trinajstić information content (AvgIpc) is 2.36. The number of hydrogen-bond donors (Lipinski definition) is 1. The van der Waals surface area contributed by atoms with Crippen molar-refractivity contribution >= 4 is 0 Å². The van der Waals surface area contributed by atoms with Gasteiger partial charge < -0.3 is 10.5 Å². The minimum Gasteiger partial charge on any atom is -0.370 e. The normalized spacial score (nSPS) is 30.9. The molecule has 1 aliphatic carbocycles. The van der Waals surface area contributed by atoms with E-state index in [4.69, 9.17) is 10.5 Å². The highest BCUT2D eigenvalue weighted by molar-refractivity contribution is 4.89. The zero-order valence-electron chi connectivity index (χ0n) is 11.3. The van der Waals surface area contributed by atoms with Crippen LogP contribution in [0.2, 0.25) is 0 Å². The van der Waals surface area contributed by atoms with Crippen molar-refractivity contribution in [1.82, 2.24) is 0 Å². The van der Waals surface area contributed by atoms with Crippen LogP contribution < -0.4 is 5.73 Å². The largest absolute Gasteiger partial charge is 0.370 e. The summed E-state index contributed by atoms with van der Waals surface area (Å²) >= 11 is 0. The molecule has 2 nitrogen and oxygen atoms in total. The Hall–Kier alpha value is -0.0800. The monoisotopic (exact) mass is 227 g/mol. The van der Waals surface area contributed by atoms with Gasteiger partial charge in [-0.3, -0.25) is 0 Å². The van der Waals surface area contributed by atoms with E-state index >= 15 is 0 Å². The molecule has 0 aromatic heterocycles. The van der Waals surface area contributed by atoms with Gasteiger partial charge in [-0.2, -0.15) is 0 Å². The van der Waals surface area contributed by atoms with Crippen molar-refractivity contribution in [3.63, 3.8) is 0 Å². The van der Waals surface area contributed by atoms with Gasteiger partial charge in [-0.1, -0.05) is 27.2 Å². The second kappa shape index (κ2) is 6.61. The van der Waals surface area contributed by atoms with E-state index in [9.17, 15) is 0 Å². The molecule has 0 unspecified atom stereocenters. The van der Waals surface area contributed by atoms with E-state index in [1.807, 2.05) is 0 Å². The number of rotatable bonds is 6. The average molecular weight is 227 g/mol. The first-order valence-electron chi connectivity index (χ1n) is 7.07. The zero-order chi connectivity index (χ0) is 12.0. The van der Waals surface area contributed by atoms with E-state index in [1.165, 1.54) is 32.1 Å². The zero-order valence-corrected chi connectivity index (χ0v) is 11.3. The molecular weight excluding hydrogens is 198 g/mol. The molecule has 96 valence electrons. The van der Waals surface area contributed by atoms with Crippen molar-refractivity contribution in [3.8, 4) is 0 Å². The second-order valence-electron chi connectivity index (χ2n) is 5.30. The Bertz CT molecular complexity index is 181. The lowest BCUT2D eigenvalue weighted by molar-refractivity contribution is -0.115. The molecule has 1 saturated carbocycles. The number of nitrogens with two attached hydrogens (primary N) is 1. The van der Waals surface area contributed by atoms with Gasteiger partial charge in [0.15, 0.2) is 0 Å². The molecule has 1 fully saturated rings. The highest BCUT2D eigenvalue weighted by atomic mass is 16.5. The van der Waals surface area contributed by atoms with Crippen LogP contribution in [0.3, 0.4) is 0 Å². The molecule has 1 aliphatic rings. The molecule has 1 rings (SSSR count). The quantitative estimate of drug-likeness (QED) is 0.754. The van der Waals surface area contributed by atoms with Crippen LogP contribution in [-0.4, -0.2) is 18.2 Å². The van der Waals surface area contributed by atoms with Gasteiger partial charge in [-0.05, 0) is 44.4 Å². The standard InChI is InChI=1S/C14H29NO/c1-4-12-7-9-14(11-15,10-8-12)16-13(5-2)6-3/h12-13H,4-11,15H2,1-3H3. The van der Waals surface area contributed by atoms with Gasteiger partial charge in [-0.25, -0.2) is 0 Å². The van der Waals surface area contributed by atoms with E-state index in [0.717, 1.165) is 18.8 Å². The summed E-state index contributed by atoms with van der Waals surface area (Å²) in [5.74, 6) is 0.907. The first kappa shape index (κ1) is 14.0. The van der Waals surface area contributed by atoms with E-state index < -0.39 is 0 Å². The Morgan fingerprint density at radius 2 is 1.75 bits per heavy atom. The van der Waals surface area contributed by atoms with Crippen LogP contribution >= 0.6 is 0 Å². The third-order valence-corrected chi connectivity index (χ3v) is 4.29. The van der Waals surface area contributed by atoms with E-state index in [2.05, 4.69) is 20.8 Å². The maximum absolute atomic E-state index is 6.29. The van der Waals surface area contributed by atoms with Gasteiger partial charge in [0.05, 0.1) is 11.7 Å². The van der Waals surface area contributed by atoms with E-state index in [-0.39, 0.29) is 5.60 Å². The summed E-state index contributed by atoms with van der Waals surface area (Å²) in [7, 11) is 0. The van der Waals surface area contributed by atoms with Crippen molar-refractivity contribution in [2.75, 3.05) is 6.54 Å². The Labute approximate surface area is 101 Å². The van der Waals surface area contributed by atoms with Crippen LogP contribution in [0.5, 0.6) is 0 Å². The fourth-order valence-electron chi connectivity index (χ4n) is 2.79. The minimum atomic E-state index is 0.00234. The van der Waals surface area contributed by atoms with Crippen molar-refractivity contribution in [3.05, 3.63) is 0 Å². The third kappa shape index (κ3) is 3.46. The molecule has 0 aliphatic heterocycles. The molecule has 0 aromatic rings. The van der Waals surface area contributed by atoms with Crippen LogP contribution in [0.1, 0.15) is 65.7 Å². The Kier molecular flexibility index (Phi) is 5.77. The Morgan fingerprint density at radius 3 is 2.12 bits per heavy atom. The molecule has 2 N–H and O–H groups in total.